The molecule has 1 atom stereocenters. The van der Waals surface area contributed by atoms with Gasteiger partial charge in [-0.15, -0.1) is 0 Å². The number of aliphatic hydroxyl groups is 1. The van der Waals surface area contributed by atoms with Gasteiger partial charge >= 0.3 is 5.97 Å². The van der Waals surface area contributed by atoms with Crippen LogP contribution in [0.3, 0.4) is 0 Å². The zero-order chi connectivity index (χ0) is 23.0. The van der Waals surface area contributed by atoms with E-state index in [1.165, 1.54) is 0 Å². The molecule has 166 valence electrons. The molecule has 6 nitrogen and oxygen atoms in total. The SMILES string of the molecule is CC(C)Oc1ccc(C2(O)OC(=O)C(c3ccc4nsnc4c3)=C2Cc2ccccc2)cc1. The minimum Gasteiger partial charge on any atom is -0.491 e. The summed E-state index contributed by atoms with van der Waals surface area (Å²) in [6.45, 7) is 3.89. The molecule has 4 aromatic rings. The lowest BCUT2D eigenvalue weighted by Gasteiger charge is -2.26. The second-order valence-corrected chi connectivity index (χ2v) is 8.74. The van der Waals surface area contributed by atoms with Crippen LogP contribution in [0.25, 0.3) is 16.6 Å². The molecule has 1 aliphatic rings. The fraction of sp³-hybridized carbons (Fsp3) is 0.192. The Bertz CT molecular complexity index is 1350. The molecule has 5 rings (SSSR count). The summed E-state index contributed by atoms with van der Waals surface area (Å²) in [7, 11) is 0. The molecule has 0 saturated carbocycles. The first-order valence-electron chi connectivity index (χ1n) is 10.7. The van der Waals surface area contributed by atoms with Gasteiger partial charge in [0.05, 0.1) is 23.4 Å². The standard InChI is InChI=1S/C26H22N2O4S/c1-16(2)31-20-11-9-19(10-12-20)26(30)21(14-17-6-4-3-5-7-17)24(25(29)32-26)18-8-13-22-23(15-18)28-33-27-22/h3-13,15-16,30H,14H2,1-2H3. The number of benzene rings is 3. The maximum absolute atomic E-state index is 13.2. The number of hydrogen-bond donors (Lipinski definition) is 1. The number of ether oxygens (including phenoxy) is 2. The molecule has 33 heavy (non-hydrogen) atoms. The molecule has 0 aliphatic carbocycles. The molecular formula is C26H22N2O4S. The molecule has 0 radical (unpaired) electrons. The van der Waals surface area contributed by atoms with Crippen molar-refractivity contribution in [3.05, 3.63) is 95.1 Å². The van der Waals surface area contributed by atoms with Gasteiger partial charge in [0.1, 0.15) is 16.8 Å². The second kappa shape index (κ2) is 8.42. The quantitative estimate of drug-likeness (QED) is 0.415. The van der Waals surface area contributed by atoms with Crippen LogP contribution in [0.2, 0.25) is 0 Å². The van der Waals surface area contributed by atoms with E-state index in [1.54, 1.807) is 24.3 Å². The molecule has 1 N–H and O–H groups in total. The van der Waals surface area contributed by atoms with Crippen LogP contribution in [-0.2, 0) is 21.7 Å². The van der Waals surface area contributed by atoms with Gasteiger partial charge in [-0.25, -0.2) is 4.79 Å². The number of cyclic esters (lactones) is 1. The lowest BCUT2D eigenvalue weighted by atomic mass is 9.88. The largest absolute Gasteiger partial charge is 0.491 e. The van der Waals surface area contributed by atoms with E-state index in [0.717, 1.165) is 22.8 Å². The average molecular weight is 459 g/mol. The minimum atomic E-state index is -1.89. The number of nitrogens with zero attached hydrogens (tertiary/aromatic N) is 2. The number of carbonyl (C=O) groups is 1. The van der Waals surface area contributed by atoms with Crippen LogP contribution in [-0.4, -0.2) is 25.9 Å². The van der Waals surface area contributed by atoms with Gasteiger partial charge in [-0.1, -0.05) is 36.4 Å². The first-order valence-corrected chi connectivity index (χ1v) is 11.4. The van der Waals surface area contributed by atoms with Gasteiger partial charge in [-0.3, -0.25) is 0 Å². The van der Waals surface area contributed by atoms with Crippen LogP contribution in [0.1, 0.15) is 30.5 Å². The van der Waals surface area contributed by atoms with Crippen LogP contribution in [0.4, 0.5) is 0 Å². The number of carbonyl (C=O) groups excluding carboxylic acids is 1. The van der Waals surface area contributed by atoms with Crippen molar-refractivity contribution in [3.63, 3.8) is 0 Å². The molecule has 0 bridgehead atoms. The Morgan fingerprint density at radius 3 is 2.45 bits per heavy atom. The molecule has 0 spiro atoms. The monoisotopic (exact) mass is 458 g/mol. The molecule has 1 aliphatic heterocycles. The Balaban J connectivity index is 1.64. The summed E-state index contributed by atoms with van der Waals surface area (Å²) in [6, 6.07) is 22.2. The van der Waals surface area contributed by atoms with Gasteiger partial charge < -0.3 is 14.6 Å². The van der Waals surface area contributed by atoms with E-state index in [4.69, 9.17) is 9.47 Å². The summed E-state index contributed by atoms with van der Waals surface area (Å²) in [5, 5.41) is 11.8. The maximum atomic E-state index is 13.2. The smallest absolute Gasteiger partial charge is 0.342 e. The van der Waals surface area contributed by atoms with Crippen molar-refractivity contribution in [2.24, 2.45) is 0 Å². The van der Waals surface area contributed by atoms with Crippen LogP contribution in [0.15, 0.2) is 78.4 Å². The molecule has 7 heteroatoms. The third kappa shape index (κ3) is 4.01. The predicted octanol–water partition coefficient (Wildman–Crippen LogP) is 4.88. The number of rotatable bonds is 6. The topological polar surface area (TPSA) is 81.5 Å². The summed E-state index contributed by atoms with van der Waals surface area (Å²) in [5.74, 6) is -1.79. The molecule has 1 unspecified atom stereocenters. The van der Waals surface area contributed by atoms with Gasteiger partial charge in [0.25, 0.3) is 5.79 Å². The van der Waals surface area contributed by atoms with E-state index in [0.29, 0.717) is 40.0 Å². The maximum Gasteiger partial charge on any atom is 0.342 e. The Morgan fingerprint density at radius 2 is 1.73 bits per heavy atom. The summed E-state index contributed by atoms with van der Waals surface area (Å²) >= 11 is 1.12. The molecular weight excluding hydrogens is 436 g/mol. The van der Waals surface area contributed by atoms with Crippen molar-refractivity contribution < 1.29 is 19.4 Å². The Labute approximate surface area is 195 Å². The minimum absolute atomic E-state index is 0.0264. The van der Waals surface area contributed by atoms with E-state index in [-0.39, 0.29) is 6.10 Å². The van der Waals surface area contributed by atoms with Crippen LogP contribution in [0, 0.1) is 0 Å². The third-order valence-electron chi connectivity index (χ3n) is 5.54. The first-order chi connectivity index (χ1) is 15.9. The van der Waals surface area contributed by atoms with Crippen molar-refractivity contribution in [2.45, 2.75) is 32.2 Å². The van der Waals surface area contributed by atoms with Crippen LogP contribution in [0.5, 0.6) is 5.75 Å². The van der Waals surface area contributed by atoms with Crippen molar-refractivity contribution in [3.8, 4) is 5.75 Å². The van der Waals surface area contributed by atoms with Gasteiger partial charge in [-0.2, -0.15) is 8.75 Å². The lowest BCUT2D eigenvalue weighted by Crippen LogP contribution is -2.29. The zero-order valence-electron chi connectivity index (χ0n) is 18.2. The van der Waals surface area contributed by atoms with Crippen molar-refractivity contribution >= 4 is 34.3 Å². The van der Waals surface area contributed by atoms with E-state index < -0.39 is 11.8 Å². The molecule has 0 saturated heterocycles. The molecule has 0 amide bonds. The van der Waals surface area contributed by atoms with E-state index in [9.17, 15) is 9.90 Å². The summed E-state index contributed by atoms with van der Waals surface area (Å²) in [4.78, 5) is 13.2. The Morgan fingerprint density at radius 1 is 1.00 bits per heavy atom. The van der Waals surface area contributed by atoms with E-state index in [2.05, 4.69) is 8.75 Å². The first kappa shape index (κ1) is 21.3. The summed E-state index contributed by atoms with van der Waals surface area (Å²) in [6.07, 6.45) is 0.370. The second-order valence-electron chi connectivity index (χ2n) is 8.21. The van der Waals surface area contributed by atoms with Gasteiger partial charge in [0.15, 0.2) is 0 Å². The van der Waals surface area contributed by atoms with Crippen molar-refractivity contribution in [1.82, 2.24) is 8.75 Å². The fourth-order valence-corrected chi connectivity index (χ4v) is 4.56. The normalized spacial score (nSPS) is 18.2. The van der Waals surface area contributed by atoms with Gasteiger partial charge in [0.2, 0.25) is 0 Å². The zero-order valence-corrected chi connectivity index (χ0v) is 19.0. The Hall–Kier alpha value is -3.55. The highest BCUT2D eigenvalue weighted by molar-refractivity contribution is 7.00. The number of fused-ring (bicyclic) bond motifs is 1. The molecule has 2 heterocycles. The Kier molecular flexibility index (Phi) is 5.44. The number of hydrogen-bond acceptors (Lipinski definition) is 7. The van der Waals surface area contributed by atoms with E-state index >= 15 is 0 Å². The third-order valence-corrected chi connectivity index (χ3v) is 6.10. The molecule has 1 aromatic heterocycles. The van der Waals surface area contributed by atoms with Gasteiger partial charge in [-0.05, 0) is 61.4 Å². The highest BCUT2D eigenvalue weighted by atomic mass is 32.1. The predicted molar refractivity (Wildman–Crippen MR) is 127 cm³/mol. The van der Waals surface area contributed by atoms with Gasteiger partial charge in [0, 0.05) is 17.6 Å². The van der Waals surface area contributed by atoms with Crippen LogP contribution >= 0.6 is 11.7 Å². The van der Waals surface area contributed by atoms with E-state index in [1.807, 2.05) is 62.4 Å². The highest BCUT2D eigenvalue weighted by Gasteiger charge is 2.48. The average Bonchev–Trinajstić information content (AvgIpc) is 3.36. The molecule has 3 aromatic carbocycles. The fourth-order valence-electron chi connectivity index (χ4n) is 4.04. The number of aromatic nitrogens is 2. The number of esters is 1. The lowest BCUT2D eigenvalue weighted by molar-refractivity contribution is -0.185. The van der Waals surface area contributed by atoms with Crippen molar-refractivity contribution in [1.29, 1.82) is 0 Å². The van der Waals surface area contributed by atoms with Crippen molar-refractivity contribution in [2.75, 3.05) is 0 Å². The highest BCUT2D eigenvalue weighted by Crippen LogP contribution is 2.45. The van der Waals surface area contributed by atoms with Crippen LogP contribution < -0.4 is 4.74 Å². The summed E-state index contributed by atoms with van der Waals surface area (Å²) in [5.41, 5.74) is 4.35. The molecule has 0 fully saturated rings. The summed E-state index contributed by atoms with van der Waals surface area (Å²) < 4.78 is 19.9.